The van der Waals surface area contributed by atoms with Gasteiger partial charge < -0.3 is 15.9 Å². The number of hydrogen-bond acceptors (Lipinski definition) is 4. The van der Waals surface area contributed by atoms with E-state index in [1.165, 1.54) is 6.07 Å². The van der Waals surface area contributed by atoms with Crippen LogP contribution < -0.4 is 5.73 Å². The van der Waals surface area contributed by atoms with Crippen LogP contribution in [0.3, 0.4) is 0 Å². The lowest BCUT2D eigenvalue weighted by molar-refractivity contribution is -0.137. The highest BCUT2D eigenvalue weighted by Crippen LogP contribution is 2.33. The molecule has 0 aliphatic carbocycles. The molecule has 2 atom stereocenters. The third-order valence-electron chi connectivity index (χ3n) is 2.42. The summed E-state index contributed by atoms with van der Waals surface area (Å²) in [5.41, 5.74) is 3.28. The van der Waals surface area contributed by atoms with Gasteiger partial charge >= 0.3 is 6.18 Å². The van der Waals surface area contributed by atoms with E-state index in [2.05, 4.69) is 0 Å². The summed E-state index contributed by atoms with van der Waals surface area (Å²) in [6, 6.07) is 4.16. The first-order chi connectivity index (χ1) is 8.31. The van der Waals surface area contributed by atoms with Crippen LogP contribution in [0.25, 0.3) is 0 Å². The predicted molar refractivity (Wildman–Crippen MR) is 56.2 cm³/mol. The molecule has 7 heteroatoms. The van der Waals surface area contributed by atoms with Crippen molar-refractivity contribution in [3.8, 4) is 6.07 Å². The summed E-state index contributed by atoms with van der Waals surface area (Å²) >= 11 is 0. The number of aliphatic hydroxyl groups excluding tert-OH is 2. The van der Waals surface area contributed by atoms with E-state index in [1.807, 2.05) is 0 Å². The molecule has 0 spiro atoms. The first kappa shape index (κ1) is 14.4. The molecule has 1 rings (SSSR count). The summed E-state index contributed by atoms with van der Waals surface area (Å²) < 4.78 is 37.9. The topological polar surface area (TPSA) is 90.3 Å². The molecule has 0 aromatic heterocycles. The fourth-order valence-corrected chi connectivity index (χ4v) is 1.43. The largest absolute Gasteiger partial charge is 0.417 e. The van der Waals surface area contributed by atoms with Gasteiger partial charge in [-0.25, -0.2) is 0 Å². The average Bonchev–Trinajstić information content (AvgIpc) is 2.35. The lowest BCUT2D eigenvalue weighted by Gasteiger charge is -2.18. The first-order valence-corrected chi connectivity index (χ1v) is 4.98. The van der Waals surface area contributed by atoms with Gasteiger partial charge in [0.05, 0.1) is 23.3 Å². The van der Waals surface area contributed by atoms with Crippen LogP contribution in [-0.2, 0) is 6.18 Å². The molecule has 0 aliphatic rings. The summed E-state index contributed by atoms with van der Waals surface area (Å²) in [6.07, 6.45) is -7.59. The van der Waals surface area contributed by atoms with Crippen LogP contribution in [0, 0.1) is 11.3 Å². The van der Waals surface area contributed by atoms with Crippen molar-refractivity contribution in [3.63, 3.8) is 0 Å². The minimum Gasteiger partial charge on any atom is -0.389 e. The van der Waals surface area contributed by atoms with Gasteiger partial charge in [-0.05, 0) is 17.7 Å². The minimum absolute atomic E-state index is 0.140. The average molecular weight is 260 g/mol. The Balaban J connectivity index is 3.24. The maximum Gasteiger partial charge on any atom is 0.417 e. The van der Waals surface area contributed by atoms with E-state index in [-0.39, 0.29) is 12.1 Å². The zero-order chi connectivity index (χ0) is 13.9. The lowest BCUT2D eigenvalue weighted by Crippen LogP contribution is -2.27. The summed E-state index contributed by atoms with van der Waals surface area (Å²) in [5, 5.41) is 27.4. The minimum atomic E-state index is -4.70. The van der Waals surface area contributed by atoms with Gasteiger partial charge in [0.15, 0.2) is 0 Å². The number of halogens is 3. The highest BCUT2D eigenvalue weighted by atomic mass is 19.4. The van der Waals surface area contributed by atoms with E-state index < -0.39 is 29.5 Å². The van der Waals surface area contributed by atoms with E-state index in [0.717, 1.165) is 12.1 Å². The first-order valence-electron chi connectivity index (χ1n) is 4.98. The van der Waals surface area contributed by atoms with Gasteiger partial charge in [-0.15, -0.1) is 0 Å². The van der Waals surface area contributed by atoms with Crippen LogP contribution in [0.15, 0.2) is 18.2 Å². The second kappa shape index (κ2) is 5.35. The zero-order valence-electron chi connectivity index (χ0n) is 9.15. The number of nitrogens with zero attached hydrogens (tertiary/aromatic N) is 1. The van der Waals surface area contributed by atoms with Crippen LogP contribution in [0.5, 0.6) is 0 Å². The number of benzene rings is 1. The molecule has 0 bridgehead atoms. The molecule has 4 N–H and O–H groups in total. The highest BCUT2D eigenvalue weighted by molar-refractivity contribution is 5.42. The third kappa shape index (κ3) is 2.98. The molecule has 1 aromatic carbocycles. The van der Waals surface area contributed by atoms with Crippen molar-refractivity contribution in [1.29, 1.82) is 5.26 Å². The second-order valence-electron chi connectivity index (χ2n) is 3.66. The van der Waals surface area contributed by atoms with Crippen molar-refractivity contribution in [1.82, 2.24) is 0 Å². The Morgan fingerprint density at radius 3 is 2.39 bits per heavy atom. The number of alkyl halides is 3. The zero-order valence-corrected chi connectivity index (χ0v) is 9.15. The Hall–Kier alpha value is -1.62. The van der Waals surface area contributed by atoms with Gasteiger partial charge in [0, 0.05) is 6.54 Å². The molecule has 98 valence electrons. The number of nitriles is 1. The summed E-state index contributed by atoms with van der Waals surface area (Å²) in [4.78, 5) is 0. The molecule has 2 unspecified atom stereocenters. The molecule has 0 heterocycles. The maximum absolute atomic E-state index is 12.6. The molecule has 0 fully saturated rings. The van der Waals surface area contributed by atoms with Gasteiger partial charge in [0.25, 0.3) is 0 Å². The lowest BCUT2D eigenvalue weighted by atomic mass is 9.98. The molecular formula is C11H11F3N2O2. The second-order valence-corrected chi connectivity index (χ2v) is 3.66. The van der Waals surface area contributed by atoms with Gasteiger partial charge in [0.1, 0.15) is 6.10 Å². The standard InChI is InChI=1S/C11H11F3N2O2/c12-11(13,14)8-3-6(1-2-7(8)4-15)10(18)9(17)5-16/h1-3,9-10,17-18H,5,16H2. The van der Waals surface area contributed by atoms with E-state index in [9.17, 15) is 23.4 Å². The van der Waals surface area contributed by atoms with Gasteiger partial charge in [0.2, 0.25) is 0 Å². The van der Waals surface area contributed by atoms with Crippen molar-refractivity contribution in [3.05, 3.63) is 34.9 Å². The SMILES string of the molecule is N#Cc1ccc(C(O)C(O)CN)cc1C(F)(F)F. The Bertz CT molecular complexity index is 468. The smallest absolute Gasteiger partial charge is 0.389 e. The van der Waals surface area contributed by atoms with Crippen LogP contribution in [0.1, 0.15) is 22.8 Å². The van der Waals surface area contributed by atoms with Crippen molar-refractivity contribution in [2.24, 2.45) is 5.73 Å². The van der Waals surface area contributed by atoms with Crippen molar-refractivity contribution < 1.29 is 23.4 Å². The molecule has 0 amide bonds. The van der Waals surface area contributed by atoms with Crippen molar-refractivity contribution in [2.45, 2.75) is 18.4 Å². The van der Waals surface area contributed by atoms with Crippen LogP contribution in [0.2, 0.25) is 0 Å². The van der Waals surface area contributed by atoms with Crippen molar-refractivity contribution in [2.75, 3.05) is 6.54 Å². The number of hydrogen-bond donors (Lipinski definition) is 3. The van der Waals surface area contributed by atoms with Crippen molar-refractivity contribution >= 4 is 0 Å². The molecule has 0 aliphatic heterocycles. The maximum atomic E-state index is 12.6. The number of nitrogens with two attached hydrogens (primary N) is 1. The molecular weight excluding hydrogens is 249 g/mol. The molecule has 18 heavy (non-hydrogen) atoms. The predicted octanol–water partition coefficient (Wildman–Crippen LogP) is 0.930. The molecule has 1 aromatic rings. The summed E-state index contributed by atoms with van der Waals surface area (Å²) in [7, 11) is 0. The Labute approximate surface area is 101 Å². The van der Waals surface area contributed by atoms with Crippen LogP contribution >= 0.6 is 0 Å². The quantitative estimate of drug-likeness (QED) is 0.754. The van der Waals surface area contributed by atoms with E-state index >= 15 is 0 Å². The summed E-state index contributed by atoms with van der Waals surface area (Å²) in [6.45, 7) is -0.289. The van der Waals surface area contributed by atoms with E-state index in [4.69, 9.17) is 11.0 Å². The molecule has 4 nitrogen and oxygen atoms in total. The number of rotatable bonds is 3. The molecule has 0 saturated heterocycles. The van der Waals surface area contributed by atoms with Gasteiger partial charge in [-0.1, -0.05) is 6.07 Å². The highest BCUT2D eigenvalue weighted by Gasteiger charge is 2.34. The van der Waals surface area contributed by atoms with E-state index in [0.29, 0.717) is 6.07 Å². The van der Waals surface area contributed by atoms with Crippen LogP contribution in [0.4, 0.5) is 13.2 Å². The monoisotopic (exact) mass is 260 g/mol. The van der Waals surface area contributed by atoms with Gasteiger partial charge in [-0.3, -0.25) is 0 Å². The van der Waals surface area contributed by atoms with Gasteiger partial charge in [-0.2, -0.15) is 18.4 Å². The molecule has 0 radical (unpaired) electrons. The summed E-state index contributed by atoms with van der Waals surface area (Å²) in [5.74, 6) is 0. The Morgan fingerprint density at radius 1 is 1.33 bits per heavy atom. The third-order valence-corrected chi connectivity index (χ3v) is 2.42. The number of aliphatic hydroxyl groups is 2. The fourth-order valence-electron chi connectivity index (χ4n) is 1.43. The normalized spacial score (nSPS) is 14.9. The Kier molecular flexibility index (Phi) is 4.29. The fraction of sp³-hybridized carbons (Fsp3) is 0.364. The Morgan fingerprint density at radius 2 is 1.94 bits per heavy atom. The van der Waals surface area contributed by atoms with Crippen LogP contribution in [-0.4, -0.2) is 22.9 Å². The molecule has 0 saturated carbocycles. The van der Waals surface area contributed by atoms with E-state index in [1.54, 1.807) is 0 Å².